The number of aromatic nitrogens is 1. The van der Waals surface area contributed by atoms with E-state index < -0.39 is 34.0 Å². The van der Waals surface area contributed by atoms with Gasteiger partial charge < -0.3 is 14.9 Å². The smallest absolute Gasteiger partial charge is 0.341 e. The van der Waals surface area contributed by atoms with Crippen LogP contribution in [0.3, 0.4) is 0 Å². The summed E-state index contributed by atoms with van der Waals surface area (Å²) in [6.45, 7) is 2.82. The van der Waals surface area contributed by atoms with Gasteiger partial charge in [-0.3, -0.25) is 9.78 Å². The van der Waals surface area contributed by atoms with Crippen LogP contribution >= 0.6 is 0 Å². The van der Waals surface area contributed by atoms with E-state index in [1.807, 2.05) is 0 Å². The fraction of sp³-hybridized carbons (Fsp3) is 0.240. The van der Waals surface area contributed by atoms with E-state index in [1.165, 1.54) is 22.8 Å². The second-order valence-electron chi connectivity index (χ2n) is 8.42. The number of carbonyl (C=O) groups is 2. The van der Waals surface area contributed by atoms with Crippen LogP contribution in [-0.4, -0.2) is 46.5 Å². The molecule has 9 nitrogen and oxygen atoms in total. The van der Waals surface area contributed by atoms with Gasteiger partial charge in [-0.1, -0.05) is 36.4 Å². The monoisotopic (exact) mass is 498 g/mol. The Morgan fingerprint density at radius 1 is 0.943 bits per heavy atom. The van der Waals surface area contributed by atoms with Crippen LogP contribution in [0.25, 0.3) is 0 Å². The summed E-state index contributed by atoms with van der Waals surface area (Å²) in [7, 11) is -3.91. The number of ether oxygens (including phenoxy) is 1. The highest BCUT2D eigenvalue weighted by Gasteiger charge is 2.30. The van der Waals surface area contributed by atoms with Gasteiger partial charge >= 0.3 is 11.9 Å². The average Bonchev–Trinajstić information content (AvgIpc) is 2.84. The van der Waals surface area contributed by atoms with Gasteiger partial charge in [0.05, 0.1) is 5.41 Å². The number of benzene rings is 2. The van der Waals surface area contributed by atoms with Crippen LogP contribution in [0.5, 0.6) is 5.75 Å². The minimum atomic E-state index is -3.91. The molecule has 3 aromatic rings. The van der Waals surface area contributed by atoms with Crippen molar-refractivity contribution in [1.82, 2.24) is 9.29 Å². The van der Waals surface area contributed by atoms with Crippen LogP contribution in [0.15, 0.2) is 78.0 Å². The maximum atomic E-state index is 13.4. The van der Waals surface area contributed by atoms with E-state index in [0.717, 1.165) is 0 Å². The predicted octanol–water partition coefficient (Wildman–Crippen LogP) is 3.30. The van der Waals surface area contributed by atoms with Crippen molar-refractivity contribution in [2.24, 2.45) is 0 Å². The molecule has 0 amide bonds. The molecule has 2 aromatic carbocycles. The Balaban J connectivity index is 1.88. The highest BCUT2D eigenvalue weighted by molar-refractivity contribution is 7.89. The second-order valence-corrected chi connectivity index (χ2v) is 10.4. The van der Waals surface area contributed by atoms with E-state index >= 15 is 0 Å². The average molecular weight is 499 g/mol. The summed E-state index contributed by atoms with van der Waals surface area (Å²) in [5.41, 5.74) is 0.879. The van der Waals surface area contributed by atoms with Crippen molar-refractivity contribution in [3.05, 3.63) is 89.7 Å². The number of rotatable bonds is 11. The van der Waals surface area contributed by atoms with E-state index in [1.54, 1.807) is 68.4 Å². The summed E-state index contributed by atoms with van der Waals surface area (Å²) >= 11 is 0. The summed E-state index contributed by atoms with van der Waals surface area (Å²) in [5.74, 6) is -1.70. The molecule has 35 heavy (non-hydrogen) atoms. The number of sulfonamides is 1. The number of carboxylic acids is 2. The van der Waals surface area contributed by atoms with E-state index in [4.69, 9.17) is 9.84 Å². The third kappa shape index (κ3) is 6.43. The van der Waals surface area contributed by atoms with Crippen molar-refractivity contribution in [2.75, 3.05) is 6.61 Å². The molecule has 184 valence electrons. The van der Waals surface area contributed by atoms with E-state index in [2.05, 4.69) is 4.98 Å². The lowest BCUT2D eigenvalue weighted by atomic mass is 9.84. The van der Waals surface area contributed by atoms with Gasteiger partial charge in [0.1, 0.15) is 10.6 Å². The van der Waals surface area contributed by atoms with E-state index in [9.17, 15) is 23.1 Å². The van der Waals surface area contributed by atoms with Gasteiger partial charge in [0.2, 0.25) is 10.0 Å². The van der Waals surface area contributed by atoms with Crippen molar-refractivity contribution >= 4 is 22.0 Å². The highest BCUT2D eigenvalue weighted by atomic mass is 32.2. The number of hydrogen-bond acceptors (Lipinski definition) is 6. The van der Waals surface area contributed by atoms with Crippen molar-refractivity contribution < 1.29 is 33.0 Å². The van der Waals surface area contributed by atoms with Crippen LogP contribution in [0, 0.1) is 0 Å². The standard InChI is InChI=1S/C25H26N2O7S/c1-25(2,24(30)31)20-9-5-18(6-10-20)15-27(35(32,33)22-4-3-13-26-14-22)16-19-7-11-21(12-8-19)34-17-23(28)29/h3-14H,15-17H2,1-2H3,(H,28,29)(H,30,31). The molecule has 3 rings (SSSR count). The fourth-order valence-electron chi connectivity index (χ4n) is 3.27. The molecular weight excluding hydrogens is 472 g/mol. The minimum absolute atomic E-state index is 0.0405. The predicted molar refractivity (Wildman–Crippen MR) is 127 cm³/mol. The summed E-state index contributed by atoms with van der Waals surface area (Å²) in [5, 5.41) is 18.2. The number of nitrogens with zero attached hydrogens (tertiary/aromatic N) is 2. The fourth-order valence-corrected chi connectivity index (χ4v) is 4.65. The summed E-state index contributed by atoms with van der Waals surface area (Å²) in [6.07, 6.45) is 2.77. The molecule has 0 fully saturated rings. The molecule has 0 aliphatic heterocycles. The summed E-state index contributed by atoms with van der Waals surface area (Å²) < 4.78 is 33.3. The molecule has 0 saturated heterocycles. The number of carboxylic acid groups (broad SMARTS) is 2. The van der Waals surface area contributed by atoms with Crippen LogP contribution in [0.1, 0.15) is 30.5 Å². The molecule has 0 radical (unpaired) electrons. The first-order chi connectivity index (χ1) is 16.5. The zero-order valence-corrected chi connectivity index (χ0v) is 20.1. The Hall–Kier alpha value is -3.76. The Morgan fingerprint density at radius 2 is 1.51 bits per heavy atom. The molecule has 10 heteroatoms. The quantitative estimate of drug-likeness (QED) is 0.411. The van der Waals surface area contributed by atoms with Crippen molar-refractivity contribution in [1.29, 1.82) is 0 Å². The van der Waals surface area contributed by atoms with E-state index in [0.29, 0.717) is 22.4 Å². The topological polar surface area (TPSA) is 134 Å². The Labute approximate surface area is 203 Å². The Morgan fingerprint density at radius 3 is 2.00 bits per heavy atom. The molecule has 0 atom stereocenters. The van der Waals surface area contributed by atoms with Crippen molar-refractivity contribution in [3.63, 3.8) is 0 Å². The third-order valence-electron chi connectivity index (χ3n) is 5.49. The lowest BCUT2D eigenvalue weighted by Gasteiger charge is -2.24. The van der Waals surface area contributed by atoms with Gasteiger partial charge in [-0.15, -0.1) is 0 Å². The van der Waals surface area contributed by atoms with Gasteiger partial charge in [0, 0.05) is 25.5 Å². The van der Waals surface area contributed by atoms with Crippen LogP contribution in [0.4, 0.5) is 0 Å². The maximum absolute atomic E-state index is 13.4. The molecule has 0 aliphatic carbocycles. The molecule has 0 spiro atoms. The van der Waals surface area contributed by atoms with Crippen molar-refractivity contribution in [3.8, 4) is 5.75 Å². The molecule has 1 heterocycles. The minimum Gasteiger partial charge on any atom is -0.482 e. The van der Waals surface area contributed by atoms with Crippen molar-refractivity contribution in [2.45, 2.75) is 37.2 Å². The van der Waals surface area contributed by atoms with Crippen LogP contribution in [-0.2, 0) is 38.1 Å². The Bertz CT molecular complexity index is 1270. The number of aliphatic carboxylic acids is 2. The van der Waals surface area contributed by atoms with Gasteiger partial charge in [0.15, 0.2) is 6.61 Å². The van der Waals surface area contributed by atoms with E-state index in [-0.39, 0.29) is 18.0 Å². The van der Waals surface area contributed by atoms with Crippen LogP contribution < -0.4 is 4.74 Å². The summed E-state index contributed by atoms with van der Waals surface area (Å²) in [6, 6.07) is 16.3. The molecule has 0 saturated carbocycles. The zero-order valence-electron chi connectivity index (χ0n) is 19.3. The highest BCUT2D eigenvalue weighted by Crippen LogP contribution is 2.26. The van der Waals surface area contributed by atoms with Crippen LogP contribution in [0.2, 0.25) is 0 Å². The molecule has 1 aromatic heterocycles. The Kier molecular flexibility index (Phi) is 7.88. The van der Waals surface area contributed by atoms with Gasteiger partial charge in [-0.2, -0.15) is 4.31 Å². The lowest BCUT2D eigenvalue weighted by molar-refractivity contribution is -0.142. The molecular formula is C25H26N2O7S. The first-order valence-corrected chi connectivity index (χ1v) is 12.1. The largest absolute Gasteiger partial charge is 0.482 e. The molecule has 2 N–H and O–H groups in total. The molecule has 0 aliphatic rings. The normalized spacial score (nSPS) is 11.9. The number of pyridine rings is 1. The first-order valence-electron chi connectivity index (χ1n) is 10.7. The zero-order chi connectivity index (χ0) is 25.6. The van der Waals surface area contributed by atoms with Gasteiger partial charge in [-0.05, 0) is 54.8 Å². The molecule has 0 bridgehead atoms. The third-order valence-corrected chi connectivity index (χ3v) is 7.26. The van der Waals surface area contributed by atoms with Gasteiger partial charge in [0.25, 0.3) is 0 Å². The first kappa shape index (κ1) is 25.9. The maximum Gasteiger partial charge on any atom is 0.341 e. The van der Waals surface area contributed by atoms with Gasteiger partial charge in [-0.25, -0.2) is 13.2 Å². The second kappa shape index (κ2) is 10.7. The SMILES string of the molecule is CC(C)(C(=O)O)c1ccc(CN(Cc2ccc(OCC(=O)O)cc2)S(=O)(=O)c2cccnc2)cc1. The lowest BCUT2D eigenvalue weighted by Crippen LogP contribution is -2.31. The summed E-state index contributed by atoms with van der Waals surface area (Å²) in [4.78, 5) is 26.2. The number of hydrogen-bond donors (Lipinski definition) is 2. The molecule has 0 unspecified atom stereocenters.